The maximum absolute atomic E-state index is 13.6. The molecule has 0 radical (unpaired) electrons. The van der Waals surface area contributed by atoms with Crippen molar-refractivity contribution in [1.29, 1.82) is 0 Å². The van der Waals surface area contributed by atoms with E-state index >= 15 is 0 Å². The summed E-state index contributed by atoms with van der Waals surface area (Å²) in [5, 5.41) is 0. The third-order valence-electron chi connectivity index (χ3n) is 9.16. The average Bonchev–Trinajstić information content (AvgIpc) is 3.34. The topological polar surface area (TPSA) is 176 Å². The fraction of sp³-hybridized carbons (Fsp3) is 0.0800. The number of rotatable bonds is 18. The van der Waals surface area contributed by atoms with Crippen LogP contribution in [0.3, 0.4) is 0 Å². The number of hydrogen-bond acceptors (Lipinski definition) is 15. The largest absolute Gasteiger partial charge is 0.465 e. The van der Waals surface area contributed by atoms with Gasteiger partial charge in [0.2, 0.25) is 13.6 Å². The van der Waals surface area contributed by atoms with Gasteiger partial charge < -0.3 is 37.9 Å². The van der Waals surface area contributed by atoms with Gasteiger partial charge in [-0.25, -0.2) is 28.8 Å². The smallest absolute Gasteiger partial charge is 0.343 e. The number of ether oxygens (including phenoxy) is 8. The SMILES string of the molecule is C=CC(=O)OCOc1ccc(-c2ccc(C(=O)Oc3ccc(C(=O)OC)cc3Sc3cc(C(=O)OC)ccc3OC(=O)c3ccc(-c4ccc(OCOC(=O)C=C)cc4)cc3)cc2)cc1. The van der Waals surface area contributed by atoms with Crippen molar-refractivity contribution in [3.8, 4) is 45.3 Å². The molecule has 0 aliphatic heterocycles. The molecule has 0 N–H and O–H groups in total. The summed E-state index contributed by atoms with van der Waals surface area (Å²) in [6, 6.07) is 36.0. The fourth-order valence-corrected chi connectivity index (χ4v) is 6.81. The van der Waals surface area contributed by atoms with Crippen LogP contribution in [0.2, 0.25) is 0 Å². The van der Waals surface area contributed by atoms with Gasteiger partial charge in [-0.3, -0.25) is 0 Å². The molecule has 0 bridgehead atoms. The van der Waals surface area contributed by atoms with Crippen LogP contribution in [0.1, 0.15) is 41.4 Å². The van der Waals surface area contributed by atoms with Crippen molar-refractivity contribution in [2.24, 2.45) is 0 Å². The third-order valence-corrected chi connectivity index (χ3v) is 10.2. The monoisotopic (exact) mass is 894 g/mol. The van der Waals surface area contributed by atoms with Gasteiger partial charge >= 0.3 is 35.8 Å². The molecule has 0 fully saturated rings. The van der Waals surface area contributed by atoms with Gasteiger partial charge in [-0.15, -0.1) is 0 Å². The molecule has 0 saturated heterocycles. The van der Waals surface area contributed by atoms with E-state index in [-0.39, 0.29) is 57.1 Å². The highest BCUT2D eigenvalue weighted by molar-refractivity contribution is 7.99. The van der Waals surface area contributed by atoms with E-state index in [4.69, 9.17) is 37.9 Å². The molecule has 6 rings (SSSR count). The normalized spacial score (nSPS) is 10.4. The van der Waals surface area contributed by atoms with Crippen molar-refractivity contribution in [2.45, 2.75) is 9.79 Å². The summed E-state index contributed by atoms with van der Waals surface area (Å²) in [6.45, 7) is 6.13. The number of carbonyl (C=O) groups excluding carboxylic acids is 6. The molecule has 6 aromatic carbocycles. The second-order valence-electron chi connectivity index (χ2n) is 13.3. The van der Waals surface area contributed by atoms with E-state index in [1.807, 2.05) is 0 Å². The molecular weight excluding hydrogens is 857 g/mol. The van der Waals surface area contributed by atoms with Crippen molar-refractivity contribution < 1.29 is 66.7 Å². The van der Waals surface area contributed by atoms with Crippen LogP contribution in [0.25, 0.3) is 22.3 Å². The van der Waals surface area contributed by atoms with Crippen molar-refractivity contribution >= 4 is 47.6 Å². The Morgan fingerprint density at radius 2 is 0.769 bits per heavy atom. The Balaban J connectivity index is 1.19. The molecule has 0 unspecified atom stereocenters. The molecule has 0 atom stereocenters. The number of esters is 6. The molecule has 6 aromatic rings. The Bertz CT molecular complexity index is 2540. The summed E-state index contributed by atoms with van der Waals surface area (Å²) in [4.78, 5) is 75.4. The van der Waals surface area contributed by atoms with Crippen molar-refractivity contribution in [3.63, 3.8) is 0 Å². The van der Waals surface area contributed by atoms with Gasteiger partial charge in [0.1, 0.15) is 23.0 Å². The van der Waals surface area contributed by atoms with Crippen LogP contribution in [0.5, 0.6) is 23.0 Å². The molecule has 65 heavy (non-hydrogen) atoms. The van der Waals surface area contributed by atoms with Crippen molar-refractivity contribution in [1.82, 2.24) is 0 Å². The minimum Gasteiger partial charge on any atom is -0.465 e. The Hall–Kier alpha value is -8.43. The number of carbonyl (C=O) groups is 6. The minimum absolute atomic E-state index is 0.0538. The summed E-state index contributed by atoms with van der Waals surface area (Å²) < 4.78 is 42.1. The van der Waals surface area contributed by atoms with E-state index in [1.54, 1.807) is 97.1 Å². The van der Waals surface area contributed by atoms with Gasteiger partial charge in [0, 0.05) is 12.2 Å². The van der Waals surface area contributed by atoms with Crippen molar-refractivity contribution in [3.05, 3.63) is 181 Å². The second kappa shape index (κ2) is 22.1. The molecule has 0 saturated carbocycles. The zero-order chi connectivity index (χ0) is 46.3. The Morgan fingerprint density at radius 3 is 1.09 bits per heavy atom. The first-order chi connectivity index (χ1) is 31.5. The molecule has 0 spiro atoms. The number of hydrogen-bond donors (Lipinski definition) is 0. The summed E-state index contributed by atoms with van der Waals surface area (Å²) in [5.74, 6) is -2.89. The molecule has 328 valence electrons. The maximum Gasteiger partial charge on any atom is 0.343 e. The first-order valence-electron chi connectivity index (χ1n) is 19.3. The van der Waals surface area contributed by atoms with E-state index in [1.165, 1.54) is 50.6 Å². The maximum atomic E-state index is 13.6. The zero-order valence-corrected chi connectivity index (χ0v) is 35.6. The fourth-order valence-electron chi connectivity index (χ4n) is 5.78. The van der Waals surface area contributed by atoms with Gasteiger partial charge in [-0.2, -0.15) is 0 Å². The molecule has 0 aliphatic carbocycles. The summed E-state index contributed by atoms with van der Waals surface area (Å²) in [6.07, 6.45) is 2.08. The van der Waals surface area contributed by atoms with Crippen LogP contribution in [0, 0.1) is 0 Å². The first kappa shape index (κ1) is 46.1. The van der Waals surface area contributed by atoms with Crippen LogP contribution >= 0.6 is 11.8 Å². The van der Waals surface area contributed by atoms with Gasteiger partial charge in [-0.05, 0) is 107 Å². The Morgan fingerprint density at radius 1 is 0.446 bits per heavy atom. The highest BCUT2D eigenvalue weighted by Gasteiger charge is 2.21. The van der Waals surface area contributed by atoms with Gasteiger partial charge in [0.15, 0.2) is 0 Å². The standard InChI is InChI=1S/C50H38O14S/c1-5-45(51)61-29-59-39-21-15-33(16-22-39)31-7-11-35(12-8-31)49(55)63-41-25-19-37(47(53)57-3)27-43(41)65-44-28-38(48(54)58-4)20-26-42(44)64-50(56)36-13-9-32(10-14-36)34-17-23-40(24-18-34)60-30-62-46(52)6-2/h5-28H,1-2,29-30H2,3-4H3. The summed E-state index contributed by atoms with van der Waals surface area (Å²) >= 11 is 0.967. The van der Waals surface area contributed by atoms with E-state index in [0.29, 0.717) is 11.5 Å². The predicted octanol–water partition coefficient (Wildman–Crippen LogP) is 9.31. The summed E-state index contributed by atoms with van der Waals surface area (Å²) in [7, 11) is 2.45. The lowest BCUT2D eigenvalue weighted by Gasteiger charge is -2.15. The second-order valence-corrected chi connectivity index (χ2v) is 14.3. The van der Waals surface area contributed by atoms with Crippen LogP contribution in [0.4, 0.5) is 0 Å². The van der Waals surface area contributed by atoms with Gasteiger partial charge in [0.05, 0.1) is 46.3 Å². The van der Waals surface area contributed by atoms with Crippen LogP contribution in [-0.4, -0.2) is 63.6 Å². The minimum atomic E-state index is -0.712. The third kappa shape index (κ3) is 12.4. The molecule has 0 heterocycles. The van der Waals surface area contributed by atoms with Crippen LogP contribution < -0.4 is 18.9 Å². The summed E-state index contributed by atoms with van der Waals surface area (Å²) in [5.41, 5.74) is 3.92. The highest BCUT2D eigenvalue weighted by atomic mass is 32.2. The quantitative estimate of drug-likeness (QED) is 0.0262. The van der Waals surface area contributed by atoms with Gasteiger partial charge in [0.25, 0.3) is 0 Å². The molecule has 14 nitrogen and oxygen atoms in total. The predicted molar refractivity (Wildman–Crippen MR) is 237 cm³/mol. The van der Waals surface area contributed by atoms with Crippen LogP contribution in [-0.2, 0) is 28.5 Å². The van der Waals surface area contributed by atoms with E-state index in [2.05, 4.69) is 13.2 Å². The lowest BCUT2D eigenvalue weighted by molar-refractivity contribution is -0.145. The number of benzene rings is 6. The number of methoxy groups -OCH3 is 2. The first-order valence-corrected chi connectivity index (χ1v) is 20.1. The Kier molecular flexibility index (Phi) is 15.7. The molecule has 0 aromatic heterocycles. The Labute approximate surface area is 376 Å². The lowest BCUT2D eigenvalue weighted by Crippen LogP contribution is -2.11. The molecule has 0 aliphatic rings. The van der Waals surface area contributed by atoms with Gasteiger partial charge in [-0.1, -0.05) is 73.5 Å². The average molecular weight is 895 g/mol. The van der Waals surface area contributed by atoms with Crippen molar-refractivity contribution in [2.75, 3.05) is 27.8 Å². The molecular formula is C50H38O14S. The lowest BCUT2D eigenvalue weighted by atomic mass is 10.0. The molecule has 15 heteroatoms. The molecule has 0 amide bonds. The van der Waals surface area contributed by atoms with E-state index < -0.39 is 35.8 Å². The zero-order valence-electron chi connectivity index (χ0n) is 34.8. The highest BCUT2D eigenvalue weighted by Crippen LogP contribution is 2.42. The van der Waals surface area contributed by atoms with E-state index in [0.717, 1.165) is 46.2 Å². The van der Waals surface area contributed by atoms with Crippen LogP contribution in [0.15, 0.2) is 169 Å². The van der Waals surface area contributed by atoms with E-state index in [9.17, 15) is 28.8 Å².